The van der Waals surface area contributed by atoms with Gasteiger partial charge in [-0.15, -0.1) is 11.3 Å². The maximum atomic E-state index is 6.73. The molecule has 3 unspecified atom stereocenters. The molecule has 0 amide bonds. The van der Waals surface area contributed by atoms with E-state index in [9.17, 15) is 0 Å². The van der Waals surface area contributed by atoms with E-state index < -0.39 is 0 Å². The third-order valence-corrected chi connectivity index (χ3v) is 6.71. The topological polar surface area (TPSA) is 25.6 Å². The first-order chi connectivity index (χ1) is 14.7. The van der Waals surface area contributed by atoms with Crippen molar-refractivity contribution in [3.8, 4) is 0 Å². The summed E-state index contributed by atoms with van der Waals surface area (Å²) >= 11 is 7.84. The van der Waals surface area contributed by atoms with Crippen molar-refractivity contribution in [3.05, 3.63) is 111 Å². The number of thiophene rings is 1. The molecule has 0 saturated carbocycles. The van der Waals surface area contributed by atoms with Crippen molar-refractivity contribution in [1.82, 2.24) is 0 Å². The molecule has 5 heteroatoms. The summed E-state index contributed by atoms with van der Waals surface area (Å²) in [5.41, 5.74) is 3.48. The SMILES string of the molecule is Cc1ccc(N2C(c3ccco3)CC(c3ccc(Cl)cc3)OC2c2cccs2)cc1. The summed E-state index contributed by atoms with van der Waals surface area (Å²) in [5, 5.41) is 2.83. The Kier molecular flexibility index (Phi) is 5.38. The monoisotopic (exact) mass is 435 g/mol. The standard InChI is InChI=1S/C25H22ClNO2S/c1-17-6-12-20(13-7-17)27-21(22-4-2-14-28-22)16-23(18-8-10-19(26)11-9-18)29-25(27)24-5-3-15-30-24/h2-15,21,23,25H,16H2,1H3. The minimum Gasteiger partial charge on any atom is -0.467 e. The molecule has 30 heavy (non-hydrogen) atoms. The van der Waals surface area contributed by atoms with Crippen LogP contribution in [-0.4, -0.2) is 0 Å². The Morgan fingerprint density at radius 3 is 2.43 bits per heavy atom. The summed E-state index contributed by atoms with van der Waals surface area (Å²) in [6.07, 6.45) is 2.25. The maximum absolute atomic E-state index is 6.73. The summed E-state index contributed by atoms with van der Waals surface area (Å²) in [6.45, 7) is 2.10. The molecule has 0 spiro atoms. The highest BCUT2D eigenvalue weighted by molar-refractivity contribution is 7.10. The van der Waals surface area contributed by atoms with Crippen LogP contribution in [0.5, 0.6) is 0 Å². The first kappa shape index (κ1) is 19.4. The summed E-state index contributed by atoms with van der Waals surface area (Å²) in [5.74, 6) is 0.944. The van der Waals surface area contributed by atoms with Crippen LogP contribution in [0.25, 0.3) is 0 Å². The highest BCUT2D eigenvalue weighted by Crippen LogP contribution is 2.49. The Morgan fingerprint density at radius 1 is 0.967 bits per heavy atom. The van der Waals surface area contributed by atoms with Gasteiger partial charge in [0.1, 0.15) is 5.76 Å². The van der Waals surface area contributed by atoms with Gasteiger partial charge in [-0.05, 0) is 60.3 Å². The second-order valence-electron chi connectivity index (χ2n) is 7.55. The van der Waals surface area contributed by atoms with E-state index in [1.54, 1.807) is 17.6 Å². The minimum absolute atomic E-state index is 0.0456. The third kappa shape index (κ3) is 3.79. The number of hydrogen-bond acceptors (Lipinski definition) is 4. The van der Waals surface area contributed by atoms with Crippen LogP contribution in [0.1, 0.15) is 46.6 Å². The van der Waals surface area contributed by atoms with Crippen molar-refractivity contribution in [2.45, 2.75) is 31.7 Å². The van der Waals surface area contributed by atoms with Crippen LogP contribution in [0.15, 0.2) is 88.9 Å². The summed E-state index contributed by atoms with van der Waals surface area (Å²) in [7, 11) is 0. The predicted molar refractivity (Wildman–Crippen MR) is 122 cm³/mol. The molecule has 0 radical (unpaired) electrons. The fourth-order valence-corrected chi connectivity index (χ4v) is 4.93. The number of rotatable bonds is 4. The Morgan fingerprint density at radius 2 is 1.77 bits per heavy atom. The van der Waals surface area contributed by atoms with Gasteiger partial charge in [0.05, 0.1) is 23.3 Å². The number of benzene rings is 2. The number of ether oxygens (including phenoxy) is 1. The summed E-state index contributed by atoms with van der Waals surface area (Å²) < 4.78 is 12.6. The number of aryl methyl sites for hydroxylation is 1. The molecule has 5 rings (SSSR count). The molecule has 1 saturated heterocycles. The van der Waals surface area contributed by atoms with E-state index in [2.05, 4.69) is 71.8 Å². The van der Waals surface area contributed by atoms with Gasteiger partial charge < -0.3 is 14.1 Å². The molecule has 3 nitrogen and oxygen atoms in total. The smallest absolute Gasteiger partial charge is 0.167 e. The number of nitrogens with zero attached hydrogens (tertiary/aromatic N) is 1. The lowest BCUT2D eigenvalue weighted by Crippen LogP contribution is -2.40. The molecule has 2 aromatic carbocycles. The summed E-state index contributed by atoms with van der Waals surface area (Å²) in [6, 6.07) is 24.8. The van der Waals surface area contributed by atoms with Crippen molar-refractivity contribution >= 4 is 28.6 Å². The van der Waals surface area contributed by atoms with Gasteiger partial charge in [0.15, 0.2) is 6.23 Å². The van der Waals surface area contributed by atoms with Crippen LogP contribution >= 0.6 is 22.9 Å². The van der Waals surface area contributed by atoms with Crippen molar-refractivity contribution in [2.24, 2.45) is 0 Å². The highest BCUT2D eigenvalue weighted by atomic mass is 35.5. The molecule has 1 aliphatic heterocycles. The molecule has 1 aliphatic rings. The number of furan rings is 1. The molecule has 3 atom stereocenters. The molecule has 0 bridgehead atoms. The number of halogens is 1. The highest BCUT2D eigenvalue weighted by Gasteiger charge is 2.40. The lowest BCUT2D eigenvalue weighted by atomic mass is 9.95. The van der Waals surface area contributed by atoms with E-state index in [4.69, 9.17) is 20.8 Å². The second kappa shape index (κ2) is 8.31. The molecule has 0 aliphatic carbocycles. The normalized spacial score (nSPS) is 21.7. The lowest BCUT2D eigenvalue weighted by Gasteiger charge is -2.45. The summed E-state index contributed by atoms with van der Waals surface area (Å²) in [4.78, 5) is 3.52. The van der Waals surface area contributed by atoms with Crippen molar-refractivity contribution in [3.63, 3.8) is 0 Å². The van der Waals surface area contributed by atoms with Gasteiger partial charge in [-0.2, -0.15) is 0 Å². The Labute approximate surface area is 185 Å². The molecular formula is C25H22ClNO2S. The van der Waals surface area contributed by atoms with Gasteiger partial charge in [-0.25, -0.2) is 0 Å². The number of hydrogen-bond donors (Lipinski definition) is 0. The molecular weight excluding hydrogens is 414 g/mol. The first-order valence-electron chi connectivity index (χ1n) is 10.0. The molecule has 3 heterocycles. The fraction of sp³-hybridized carbons (Fsp3) is 0.200. The van der Waals surface area contributed by atoms with Gasteiger partial charge in [0.25, 0.3) is 0 Å². The van der Waals surface area contributed by atoms with E-state index in [0.717, 1.165) is 28.5 Å². The van der Waals surface area contributed by atoms with Crippen LogP contribution in [0.2, 0.25) is 5.02 Å². The average molecular weight is 436 g/mol. The molecule has 2 aromatic heterocycles. The minimum atomic E-state index is -0.211. The molecule has 4 aromatic rings. The number of anilines is 1. The van der Waals surface area contributed by atoms with Gasteiger partial charge in [0, 0.05) is 17.1 Å². The first-order valence-corrected chi connectivity index (χ1v) is 11.3. The van der Waals surface area contributed by atoms with E-state index in [1.165, 1.54) is 10.4 Å². The lowest BCUT2D eigenvalue weighted by molar-refractivity contribution is -0.0601. The Bertz CT molecular complexity index is 1030. The van der Waals surface area contributed by atoms with Gasteiger partial charge in [-0.1, -0.05) is 47.5 Å². The molecule has 1 fully saturated rings. The second-order valence-corrected chi connectivity index (χ2v) is 8.97. The zero-order valence-electron chi connectivity index (χ0n) is 16.6. The zero-order chi connectivity index (χ0) is 20.5. The Hall–Kier alpha value is -2.53. The van der Waals surface area contributed by atoms with Crippen LogP contribution in [0.3, 0.4) is 0 Å². The zero-order valence-corrected chi connectivity index (χ0v) is 18.1. The van der Waals surface area contributed by atoms with Gasteiger partial charge in [0.2, 0.25) is 0 Å². The quantitative estimate of drug-likeness (QED) is 0.328. The van der Waals surface area contributed by atoms with Crippen LogP contribution in [0, 0.1) is 6.92 Å². The van der Waals surface area contributed by atoms with Crippen molar-refractivity contribution < 1.29 is 9.15 Å². The van der Waals surface area contributed by atoms with E-state index in [1.807, 2.05) is 18.2 Å². The Balaban J connectivity index is 1.61. The predicted octanol–water partition coefficient (Wildman–Crippen LogP) is 7.71. The largest absolute Gasteiger partial charge is 0.467 e. The molecule has 152 valence electrons. The van der Waals surface area contributed by atoms with E-state index >= 15 is 0 Å². The van der Waals surface area contributed by atoms with Crippen molar-refractivity contribution in [2.75, 3.05) is 4.90 Å². The van der Waals surface area contributed by atoms with Gasteiger partial charge >= 0.3 is 0 Å². The van der Waals surface area contributed by atoms with E-state index in [-0.39, 0.29) is 18.4 Å². The fourth-order valence-electron chi connectivity index (χ4n) is 4.05. The van der Waals surface area contributed by atoms with Crippen molar-refractivity contribution in [1.29, 1.82) is 0 Å². The van der Waals surface area contributed by atoms with Crippen LogP contribution < -0.4 is 4.90 Å². The van der Waals surface area contributed by atoms with E-state index in [0.29, 0.717) is 0 Å². The van der Waals surface area contributed by atoms with Crippen LogP contribution in [-0.2, 0) is 4.74 Å². The molecule has 0 N–H and O–H groups in total. The maximum Gasteiger partial charge on any atom is 0.167 e. The third-order valence-electron chi connectivity index (χ3n) is 5.55. The average Bonchev–Trinajstić information content (AvgIpc) is 3.49. The van der Waals surface area contributed by atoms with Crippen LogP contribution in [0.4, 0.5) is 5.69 Å². The van der Waals surface area contributed by atoms with Gasteiger partial charge in [-0.3, -0.25) is 0 Å².